The summed E-state index contributed by atoms with van der Waals surface area (Å²) in [5.74, 6) is -1.40. The van der Waals surface area contributed by atoms with Gasteiger partial charge in [0.15, 0.2) is 11.5 Å². The first-order valence-electron chi connectivity index (χ1n) is 6.65. The summed E-state index contributed by atoms with van der Waals surface area (Å²) in [4.78, 5) is 23.0. The lowest BCUT2D eigenvalue weighted by atomic mass is 10.1. The van der Waals surface area contributed by atoms with Crippen molar-refractivity contribution >= 4 is 11.9 Å². The van der Waals surface area contributed by atoms with E-state index in [9.17, 15) is 9.59 Å². The number of ether oxygens (including phenoxy) is 2. The smallest absolute Gasteiger partial charge is 0.324 e. The molecule has 1 N–H and O–H groups in total. The van der Waals surface area contributed by atoms with Crippen LogP contribution < -0.4 is 0 Å². The number of hydrogen-bond acceptors (Lipinski definition) is 4. The van der Waals surface area contributed by atoms with Crippen LogP contribution >= 0.6 is 0 Å². The number of methoxy groups -OCH3 is 1. The van der Waals surface area contributed by atoms with E-state index in [4.69, 9.17) is 14.6 Å². The van der Waals surface area contributed by atoms with Gasteiger partial charge in [-0.1, -0.05) is 26.3 Å². The molecule has 19 heavy (non-hydrogen) atoms. The van der Waals surface area contributed by atoms with Gasteiger partial charge < -0.3 is 14.6 Å². The number of esters is 1. The Hall–Kier alpha value is -1.52. The number of hydrogen-bond donors (Lipinski definition) is 1. The summed E-state index contributed by atoms with van der Waals surface area (Å²) < 4.78 is 10.3. The second-order valence-corrected chi connectivity index (χ2v) is 4.95. The number of carbonyl (C=O) groups is 2. The molecular weight excluding hydrogens is 248 g/mol. The molecule has 0 aromatic rings. The molecule has 0 heterocycles. The molecule has 1 unspecified atom stereocenters. The number of unbranched alkanes of at least 4 members (excludes halogenated alkanes) is 2. The van der Waals surface area contributed by atoms with Crippen LogP contribution in [-0.2, 0) is 19.1 Å². The maximum atomic E-state index is 11.9. The van der Waals surface area contributed by atoms with Crippen LogP contribution in [0.15, 0.2) is 12.3 Å². The minimum atomic E-state index is -1.32. The molecule has 1 saturated carbocycles. The first kappa shape index (κ1) is 15.5. The molecule has 5 heteroatoms. The van der Waals surface area contributed by atoms with Gasteiger partial charge in [-0.3, -0.25) is 9.59 Å². The van der Waals surface area contributed by atoms with E-state index in [2.05, 4.69) is 13.5 Å². The third-order valence-corrected chi connectivity index (χ3v) is 3.49. The molecule has 0 spiro atoms. The summed E-state index contributed by atoms with van der Waals surface area (Å²) in [5, 5.41) is 9.04. The molecule has 0 bridgehead atoms. The first-order chi connectivity index (χ1) is 8.97. The van der Waals surface area contributed by atoms with Crippen LogP contribution in [0.3, 0.4) is 0 Å². The lowest BCUT2D eigenvalue weighted by Gasteiger charge is -2.21. The van der Waals surface area contributed by atoms with E-state index in [-0.39, 0.29) is 0 Å². The summed E-state index contributed by atoms with van der Waals surface area (Å²) in [6.07, 6.45) is 3.72. The van der Waals surface area contributed by atoms with Crippen molar-refractivity contribution in [2.24, 2.45) is 5.41 Å². The van der Waals surface area contributed by atoms with Gasteiger partial charge >= 0.3 is 11.9 Å². The quantitative estimate of drug-likeness (QED) is 0.301. The van der Waals surface area contributed by atoms with Gasteiger partial charge in [0.25, 0.3) is 0 Å². The van der Waals surface area contributed by atoms with E-state index in [1.165, 1.54) is 7.11 Å². The Kier molecular flexibility index (Phi) is 5.39. The molecule has 108 valence electrons. The highest BCUT2D eigenvalue weighted by molar-refractivity contribution is 6.02. The van der Waals surface area contributed by atoms with Crippen molar-refractivity contribution in [3.05, 3.63) is 12.3 Å². The normalized spacial score (nSPS) is 17.4. The second kappa shape index (κ2) is 6.59. The summed E-state index contributed by atoms with van der Waals surface area (Å²) >= 11 is 0. The van der Waals surface area contributed by atoms with Crippen molar-refractivity contribution in [2.45, 2.75) is 51.6 Å². The monoisotopic (exact) mass is 270 g/mol. The first-order valence-corrected chi connectivity index (χ1v) is 6.65. The van der Waals surface area contributed by atoms with Crippen LogP contribution in [-0.4, -0.2) is 30.3 Å². The van der Waals surface area contributed by atoms with Gasteiger partial charge in [-0.2, -0.15) is 0 Å². The lowest BCUT2D eigenvalue weighted by Crippen LogP contribution is -2.32. The molecule has 1 fully saturated rings. The van der Waals surface area contributed by atoms with E-state index in [1.54, 1.807) is 0 Å². The van der Waals surface area contributed by atoms with Crippen LogP contribution in [0, 0.1) is 5.41 Å². The van der Waals surface area contributed by atoms with Crippen LogP contribution in [0.2, 0.25) is 0 Å². The molecule has 0 aromatic heterocycles. The Morgan fingerprint density at radius 2 is 2.00 bits per heavy atom. The van der Waals surface area contributed by atoms with E-state index < -0.39 is 23.5 Å². The van der Waals surface area contributed by atoms with Crippen molar-refractivity contribution in [1.82, 2.24) is 0 Å². The van der Waals surface area contributed by atoms with Crippen molar-refractivity contribution in [2.75, 3.05) is 7.11 Å². The molecule has 1 rings (SSSR count). The Morgan fingerprint density at radius 1 is 1.37 bits per heavy atom. The highest BCUT2D eigenvalue weighted by Gasteiger charge is 2.59. The third-order valence-electron chi connectivity index (χ3n) is 3.49. The van der Waals surface area contributed by atoms with E-state index in [0.29, 0.717) is 25.0 Å². The zero-order valence-corrected chi connectivity index (χ0v) is 11.6. The number of rotatable bonds is 9. The van der Waals surface area contributed by atoms with Crippen LogP contribution in [0.4, 0.5) is 0 Å². The third kappa shape index (κ3) is 3.72. The Morgan fingerprint density at radius 3 is 2.42 bits per heavy atom. The van der Waals surface area contributed by atoms with E-state index in [1.807, 2.05) is 0 Å². The molecule has 0 amide bonds. The fraction of sp³-hybridized carbons (Fsp3) is 0.714. The lowest BCUT2D eigenvalue weighted by molar-refractivity contribution is -0.165. The topological polar surface area (TPSA) is 72.8 Å². The molecule has 0 saturated heterocycles. The average Bonchev–Trinajstić information content (AvgIpc) is 3.18. The molecule has 1 atom stereocenters. The van der Waals surface area contributed by atoms with Gasteiger partial charge in [-0.25, -0.2) is 0 Å². The van der Waals surface area contributed by atoms with Gasteiger partial charge in [0.2, 0.25) is 0 Å². The highest BCUT2D eigenvalue weighted by Crippen LogP contribution is 2.47. The Balaban J connectivity index is 2.59. The Bertz CT molecular complexity index is 357. The second-order valence-electron chi connectivity index (χ2n) is 4.95. The molecule has 5 nitrogen and oxygen atoms in total. The summed E-state index contributed by atoms with van der Waals surface area (Å²) in [7, 11) is 1.47. The van der Waals surface area contributed by atoms with E-state index >= 15 is 0 Å². The van der Waals surface area contributed by atoms with Crippen molar-refractivity contribution in [3.63, 3.8) is 0 Å². The molecular formula is C14H22O5. The maximum Gasteiger partial charge on any atom is 0.324 e. The molecule has 0 aliphatic heterocycles. The highest BCUT2D eigenvalue weighted by atomic mass is 16.6. The predicted molar refractivity (Wildman–Crippen MR) is 69.5 cm³/mol. The Labute approximate surface area is 113 Å². The fourth-order valence-corrected chi connectivity index (χ4v) is 1.87. The SMILES string of the molecule is C=C(OC)C(CCCCC)OC(=O)C1(C(=O)O)CC1. The standard InChI is InChI=1S/C14H22O5/c1-4-5-6-7-11(10(2)18-3)19-13(17)14(8-9-14)12(15)16/h11H,2,4-9H2,1,3H3,(H,15,16). The van der Waals surface area contributed by atoms with Crippen molar-refractivity contribution in [1.29, 1.82) is 0 Å². The summed E-state index contributed by atoms with van der Waals surface area (Å²) in [5.41, 5.74) is -1.32. The number of carbonyl (C=O) groups excluding carboxylic acids is 1. The average molecular weight is 270 g/mol. The molecule has 1 aliphatic carbocycles. The maximum absolute atomic E-state index is 11.9. The van der Waals surface area contributed by atoms with Gasteiger partial charge in [0.1, 0.15) is 5.76 Å². The zero-order chi connectivity index (χ0) is 14.5. The van der Waals surface area contributed by atoms with Gasteiger partial charge in [-0.05, 0) is 25.7 Å². The molecule has 0 aromatic carbocycles. The molecule has 1 aliphatic rings. The van der Waals surface area contributed by atoms with Crippen LogP contribution in [0.5, 0.6) is 0 Å². The van der Waals surface area contributed by atoms with Gasteiger partial charge in [0.05, 0.1) is 7.11 Å². The minimum Gasteiger partial charge on any atom is -0.498 e. The summed E-state index contributed by atoms with van der Waals surface area (Å²) in [6.45, 7) is 5.78. The van der Waals surface area contributed by atoms with Crippen molar-refractivity contribution < 1.29 is 24.2 Å². The molecule has 0 radical (unpaired) electrons. The van der Waals surface area contributed by atoms with Crippen molar-refractivity contribution in [3.8, 4) is 0 Å². The number of carboxylic acids is 1. The number of carboxylic acid groups (broad SMARTS) is 1. The van der Waals surface area contributed by atoms with Crippen LogP contribution in [0.1, 0.15) is 45.4 Å². The largest absolute Gasteiger partial charge is 0.498 e. The predicted octanol–water partition coefficient (Wildman–Crippen LogP) is 2.50. The van der Waals surface area contributed by atoms with Crippen LogP contribution in [0.25, 0.3) is 0 Å². The minimum absolute atomic E-state index is 0.350. The zero-order valence-electron chi connectivity index (χ0n) is 11.6. The number of aliphatic carboxylic acids is 1. The fourth-order valence-electron chi connectivity index (χ4n) is 1.87. The summed E-state index contributed by atoms with van der Waals surface area (Å²) in [6, 6.07) is 0. The van der Waals surface area contributed by atoms with Gasteiger partial charge in [0, 0.05) is 0 Å². The van der Waals surface area contributed by atoms with Gasteiger partial charge in [-0.15, -0.1) is 0 Å². The van der Waals surface area contributed by atoms with E-state index in [0.717, 1.165) is 19.3 Å².